The zero-order valence-corrected chi connectivity index (χ0v) is 31.5. The van der Waals surface area contributed by atoms with Crippen LogP contribution in [0.5, 0.6) is 11.5 Å². The number of aromatic hydroxyl groups is 2. The van der Waals surface area contributed by atoms with E-state index in [0.717, 1.165) is 0 Å². The van der Waals surface area contributed by atoms with E-state index in [2.05, 4.69) is 0 Å². The molecule has 3 heterocycles. The van der Waals surface area contributed by atoms with E-state index in [1.807, 2.05) is 32.8 Å². The average Bonchev–Trinajstić information content (AvgIpc) is 3.12. The van der Waals surface area contributed by atoms with Crippen LogP contribution in [-0.4, -0.2) is 124 Å². The Kier molecular flexibility index (Phi) is 10.8. The first-order valence-corrected chi connectivity index (χ1v) is 18.9. The molecule has 2 aromatic rings. The van der Waals surface area contributed by atoms with Crippen LogP contribution < -0.4 is 0 Å². The molecular formula is C40H51NO13. The van der Waals surface area contributed by atoms with Gasteiger partial charge in [0.1, 0.15) is 35.9 Å². The number of hydrogen-bond donors (Lipinski definition) is 4. The predicted molar refractivity (Wildman–Crippen MR) is 190 cm³/mol. The van der Waals surface area contributed by atoms with E-state index in [1.54, 1.807) is 19.9 Å². The minimum atomic E-state index is -1.43. The Bertz CT molecular complexity index is 1780. The highest BCUT2D eigenvalue weighted by atomic mass is 16.7. The molecule has 0 radical (unpaired) electrons. The molecule has 3 fully saturated rings. The number of likely N-dealkylation sites (N-methyl/N-ethyl adjacent to an activating group) is 1. The quantitative estimate of drug-likeness (QED) is 0.262. The maximum atomic E-state index is 13.8. The zero-order valence-electron chi connectivity index (χ0n) is 31.5. The summed E-state index contributed by atoms with van der Waals surface area (Å²) >= 11 is 0. The molecule has 4 N–H and O–H groups in total. The van der Waals surface area contributed by atoms with Crippen LogP contribution in [0.1, 0.15) is 115 Å². The van der Waals surface area contributed by atoms with Gasteiger partial charge in [-0.1, -0.05) is 19.1 Å². The van der Waals surface area contributed by atoms with Gasteiger partial charge in [0.2, 0.25) is 0 Å². The van der Waals surface area contributed by atoms with Crippen LogP contribution in [0.2, 0.25) is 0 Å². The molecule has 0 saturated carbocycles. The normalized spacial score (nSPS) is 36.8. The Morgan fingerprint density at radius 2 is 1.52 bits per heavy atom. The lowest BCUT2D eigenvalue weighted by Crippen LogP contribution is -2.58. The second-order valence-electron chi connectivity index (χ2n) is 15.6. The van der Waals surface area contributed by atoms with Crippen LogP contribution >= 0.6 is 0 Å². The molecule has 0 aromatic heterocycles. The van der Waals surface area contributed by atoms with Crippen molar-refractivity contribution in [2.75, 3.05) is 14.1 Å². The second kappa shape index (κ2) is 15.0. The third-order valence-electron chi connectivity index (χ3n) is 11.9. The number of hydrogen-bond acceptors (Lipinski definition) is 14. The van der Waals surface area contributed by atoms with Gasteiger partial charge in [0.05, 0.1) is 35.0 Å². The molecule has 0 spiro atoms. The van der Waals surface area contributed by atoms with Crippen molar-refractivity contribution in [3.05, 3.63) is 57.6 Å². The molecule has 3 aliphatic heterocycles. The Morgan fingerprint density at radius 3 is 2.19 bits per heavy atom. The predicted octanol–water partition coefficient (Wildman–Crippen LogP) is 3.44. The number of rotatable bonds is 8. The molecule has 0 bridgehead atoms. The Morgan fingerprint density at radius 1 is 0.852 bits per heavy atom. The maximum Gasteiger partial charge on any atom is 0.198 e. The van der Waals surface area contributed by atoms with Crippen molar-refractivity contribution >= 4 is 17.3 Å². The van der Waals surface area contributed by atoms with Gasteiger partial charge in [-0.25, -0.2) is 0 Å². The highest BCUT2D eigenvalue weighted by Crippen LogP contribution is 2.50. The van der Waals surface area contributed by atoms with Crippen molar-refractivity contribution in [2.24, 2.45) is 0 Å². The van der Waals surface area contributed by atoms with Crippen LogP contribution in [0.4, 0.5) is 0 Å². The van der Waals surface area contributed by atoms with E-state index in [9.17, 15) is 34.8 Å². The van der Waals surface area contributed by atoms with E-state index < -0.39 is 84.5 Å². The maximum absolute atomic E-state index is 13.8. The number of aliphatic hydroxyl groups is 2. The number of carbonyl (C=O) groups excluding carboxylic acids is 3. The van der Waals surface area contributed by atoms with Gasteiger partial charge in [0, 0.05) is 48.4 Å². The average molecular weight is 754 g/mol. The summed E-state index contributed by atoms with van der Waals surface area (Å²) in [5, 5.41) is 45.4. The fourth-order valence-electron chi connectivity index (χ4n) is 8.74. The lowest BCUT2D eigenvalue weighted by atomic mass is 9.72. The lowest BCUT2D eigenvalue weighted by molar-refractivity contribution is -0.328. The summed E-state index contributed by atoms with van der Waals surface area (Å²) in [6, 6.07) is 5.55. The fourth-order valence-corrected chi connectivity index (χ4v) is 8.74. The zero-order chi connectivity index (χ0) is 38.8. The van der Waals surface area contributed by atoms with Gasteiger partial charge < -0.3 is 53.7 Å². The molecule has 12 atom stereocenters. The molecule has 54 heavy (non-hydrogen) atoms. The first-order chi connectivity index (χ1) is 25.6. The number of fused-ring (bicyclic) bond motifs is 3. The van der Waals surface area contributed by atoms with Gasteiger partial charge >= 0.3 is 0 Å². The summed E-state index contributed by atoms with van der Waals surface area (Å²) in [5.74, 6) is -1.89. The van der Waals surface area contributed by atoms with E-state index in [0.29, 0.717) is 31.2 Å². The van der Waals surface area contributed by atoms with E-state index >= 15 is 0 Å². The first kappa shape index (κ1) is 38.9. The van der Waals surface area contributed by atoms with Gasteiger partial charge in [-0.05, 0) is 71.8 Å². The Hall–Kier alpha value is -3.31. The number of phenols is 2. The third-order valence-corrected chi connectivity index (χ3v) is 11.9. The van der Waals surface area contributed by atoms with Gasteiger partial charge in [0.25, 0.3) is 0 Å². The summed E-state index contributed by atoms with van der Waals surface area (Å²) < 4.78 is 37.5. The number of benzene rings is 2. The minimum Gasteiger partial charge on any atom is -0.507 e. The number of aliphatic hydroxyl groups excluding tert-OH is 1. The lowest BCUT2D eigenvalue weighted by Gasteiger charge is -2.48. The van der Waals surface area contributed by atoms with E-state index in [1.165, 1.54) is 18.2 Å². The van der Waals surface area contributed by atoms with Gasteiger partial charge in [-0.2, -0.15) is 0 Å². The molecule has 14 nitrogen and oxygen atoms in total. The van der Waals surface area contributed by atoms with Crippen LogP contribution in [0, 0.1) is 0 Å². The summed E-state index contributed by atoms with van der Waals surface area (Å²) in [6.45, 7) is 7.15. The van der Waals surface area contributed by atoms with Crippen molar-refractivity contribution in [3.63, 3.8) is 0 Å². The number of carbonyl (C=O) groups is 3. The van der Waals surface area contributed by atoms with Crippen molar-refractivity contribution < 1.29 is 63.2 Å². The highest BCUT2D eigenvalue weighted by Gasteiger charge is 2.50. The summed E-state index contributed by atoms with van der Waals surface area (Å²) in [7, 11) is 3.81. The van der Waals surface area contributed by atoms with Crippen LogP contribution in [0.25, 0.3) is 0 Å². The number of aryl methyl sites for hydroxylation is 1. The summed E-state index contributed by atoms with van der Waals surface area (Å²) in [4.78, 5) is 41.2. The van der Waals surface area contributed by atoms with Crippen molar-refractivity contribution in [3.8, 4) is 11.5 Å². The van der Waals surface area contributed by atoms with Crippen LogP contribution in [0.3, 0.4) is 0 Å². The minimum absolute atomic E-state index is 0.00296. The van der Waals surface area contributed by atoms with Crippen LogP contribution in [-0.2, 0) is 39.6 Å². The molecule has 7 rings (SSSR count). The van der Waals surface area contributed by atoms with Crippen molar-refractivity contribution in [1.29, 1.82) is 0 Å². The molecule has 12 unspecified atom stereocenters. The van der Waals surface area contributed by atoms with Crippen molar-refractivity contribution in [1.82, 2.24) is 4.90 Å². The Balaban J connectivity index is 1.09. The number of nitrogens with zero attached hydrogens (tertiary/aromatic N) is 1. The largest absolute Gasteiger partial charge is 0.507 e. The molecule has 5 aliphatic rings. The van der Waals surface area contributed by atoms with Gasteiger partial charge in [-0.3, -0.25) is 14.4 Å². The standard InChI is InChI=1S/C40H51NO13/c1-7-40(48)14-13-21-15-23-33(34(45)22-9-8-10-26(43)32(22)35(23)46)36(47)31(21)39(40)54-29-16-24(41(5)6)37(19(3)50-29)53-30-17-27(44)38(20(4)51-30)52-28-12-11-25(42)18(2)49-28/h8-10,15,18-20,24,27-30,37-39,43-44,47-48H,7,11-14,16-17H2,1-6H3. The molecule has 2 aromatic carbocycles. The van der Waals surface area contributed by atoms with Gasteiger partial charge in [0.15, 0.2) is 36.2 Å². The monoisotopic (exact) mass is 753 g/mol. The van der Waals surface area contributed by atoms with E-state index in [-0.39, 0.29) is 64.7 Å². The number of ether oxygens (including phenoxy) is 6. The molecule has 14 heteroatoms. The molecule has 294 valence electrons. The number of Topliss-reactive ketones (excluding diaryl/α,β-unsaturated/α-hetero) is 1. The number of phenolic OH excluding ortho intramolecular Hbond substituents is 2. The first-order valence-electron chi connectivity index (χ1n) is 18.9. The number of ketones is 3. The molecule has 0 amide bonds. The van der Waals surface area contributed by atoms with Crippen LogP contribution in [0.15, 0.2) is 24.3 Å². The second-order valence-corrected chi connectivity index (χ2v) is 15.6. The SMILES string of the molecule is CCC1(O)CCc2cc3c(c(O)c2C1OC1CC(N(C)C)C(OC2CC(O)C(OC4CCC(=O)C(C)O4)C(C)O2)C(C)O1)C(=O)c1cccc(O)c1C3=O. The summed E-state index contributed by atoms with van der Waals surface area (Å²) in [5.41, 5.74) is -0.930. The summed E-state index contributed by atoms with van der Waals surface area (Å²) in [6.07, 6.45) is -5.07. The highest BCUT2D eigenvalue weighted by molar-refractivity contribution is 6.30. The molecular weight excluding hydrogens is 702 g/mol. The third kappa shape index (κ3) is 6.90. The Labute approximate surface area is 314 Å². The van der Waals surface area contributed by atoms with E-state index in [4.69, 9.17) is 28.4 Å². The fraction of sp³-hybridized carbons (Fsp3) is 0.625. The molecule has 2 aliphatic carbocycles. The van der Waals surface area contributed by atoms with Crippen molar-refractivity contribution in [2.45, 2.75) is 146 Å². The smallest absolute Gasteiger partial charge is 0.198 e. The van der Waals surface area contributed by atoms with Gasteiger partial charge in [-0.15, -0.1) is 0 Å². The topological polar surface area (TPSA) is 191 Å². The molecule has 3 saturated heterocycles.